The molecular formula is C20H30O8S. The van der Waals surface area contributed by atoms with Gasteiger partial charge in [-0.25, -0.2) is 8.98 Å². The van der Waals surface area contributed by atoms with Crippen molar-refractivity contribution in [3.63, 3.8) is 0 Å². The number of aliphatic hydroxyl groups excluding tert-OH is 2. The zero-order valence-electron chi connectivity index (χ0n) is 16.8. The van der Waals surface area contributed by atoms with Gasteiger partial charge < -0.3 is 14.9 Å². The fourth-order valence-electron chi connectivity index (χ4n) is 5.85. The highest BCUT2D eigenvalue weighted by molar-refractivity contribution is 7.80. The topological polar surface area (TPSA) is 130 Å². The molecule has 3 N–H and O–H groups in total. The predicted octanol–water partition coefficient (Wildman–Crippen LogP) is 1.79. The van der Waals surface area contributed by atoms with Crippen LogP contribution in [0.2, 0.25) is 0 Å². The van der Waals surface area contributed by atoms with Gasteiger partial charge in [-0.2, -0.15) is 8.42 Å². The van der Waals surface area contributed by atoms with Crippen molar-refractivity contribution in [1.82, 2.24) is 0 Å². The average Bonchev–Trinajstić information content (AvgIpc) is 2.94. The minimum absolute atomic E-state index is 0.00749. The predicted molar refractivity (Wildman–Crippen MR) is 104 cm³/mol. The molecule has 6 atom stereocenters. The first kappa shape index (κ1) is 22.4. The van der Waals surface area contributed by atoms with Crippen molar-refractivity contribution in [2.45, 2.75) is 58.2 Å². The Hall–Kier alpha value is -1.26. The van der Waals surface area contributed by atoms with Crippen molar-refractivity contribution < 1.29 is 36.9 Å². The molecule has 9 heteroatoms. The van der Waals surface area contributed by atoms with Gasteiger partial charge in [0.05, 0.1) is 18.3 Å². The molecule has 0 aromatic rings. The van der Waals surface area contributed by atoms with E-state index in [0.29, 0.717) is 25.7 Å². The molecular weight excluding hydrogens is 400 g/mol. The van der Waals surface area contributed by atoms with E-state index in [1.54, 1.807) is 13.0 Å². The Kier molecular flexibility index (Phi) is 6.01. The monoisotopic (exact) mass is 430 g/mol. The van der Waals surface area contributed by atoms with E-state index in [0.717, 1.165) is 12.0 Å². The third-order valence-corrected chi connectivity index (χ3v) is 7.91. The second-order valence-corrected chi connectivity index (χ2v) is 10.1. The molecule has 0 aromatic carbocycles. The highest BCUT2D eigenvalue weighted by Crippen LogP contribution is 2.62. The van der Waals surface area contributed by atoms with Gasteiger partial charge in [-0.15, -0.1) is 0 Å². The molecule has 1 saturated heterocycles. The third-order valence-electron chi connectivity index (χ3n) is 7.43. The molecule has 0 aromatic heterocycles. The molecule has 1 aliphatic heterocycles. The van der Waals surface area contributed by atoms with Crippen LogP contribution in [-0.4, -0.2) is 54.6 Å². The van der Waals surface area contributed by atoms with Crippen LogP contribution in [-0.2, 0) is 24.1 Å². The summed E-state index contributed by atoms with van der Waals surface area (Å²) in [6, 6.07) is 0. The first-order chi connectivity index (χ1) is 13.4. The van der Waals surface area contributed by atoms with Gasteiger partial charge >= 0.3 is 16.4 Å². The van der Waals surface area contributed by atoms with E-state index in [-0.39, 0.29) is 36.0 Å². The van der Waals surface area contributed by atoms with Crippen LogP contribution >= 0.6 is 0 Å². The maximum absolute atomic E-state index is 11.8. The summed E-state index contributed by atoms with van der Waals surface area (Å²) in [5, 5.41) is 20.2. The number of esters is 1. The normalized spacial score (nSPS) is 42.0. The molecule has 1 unspecified atom stereocenters. The minimum atomic E-state index is -4.64. The lowest BCUT2D eigenvalue weighted by atomic mass is 9.46. The molecule has 2 saturated carbocycles. The molecule has 0 radical (unpaired) electrons. The van der Waals surface area contributed by atoms with Gasteiger partial charge in [-0.1, -0.05) is 32.1 Å². The number of fused-ring (bicyclic) bond motifs is 1. The Morgan fingerprint density at radius 1 is 1.34 bits per heavy atom. The van der Waals surface area contributed by atoms with E-state index in [9.17, 15) is 28.0 Å². The Labute approximate surface area is 171 Å². The van der Waals surface area contributed by atoms with Gasteiger partial charge in [0.15, 0.2) is 0 Å². The smallest absolute Gasteiger partial charge is 0.397 e. The molecule has 3 fully saturated rings. The lowest BCUT2D eigenvalue weighted by molar-refractivity contribution is -0.142. The Balaban J connectivity index is 1.91. The van der Waals surface area contributed by atoms with Gasteiger partial charge in [-0.3, -0.25) is 4.55 Å². The Morgan fingerprint density at radius 3 is 2.59 bits per heavy atom. The number of carbonyl (C=O) groups excluding carboxylic acids is 1. The zero-order chi connectivity index (χ0) is 21.6. The van der Waals surface area contributed by atoms with E-state index in [1.807, 2.05) is 0 Å². The number of hydrogen-bond donors (Lipinski definition) is 3. The molecule has 29 heavy (non-hydrogen) atoms. The molecule has 0 bridgehead atoms. The summed E-state index contributed by atoms with van der Waals surface area (Å²) < 4.78 is 41.7. The van der Waals surface area contributed by atoms with Crippen molar-refractivity contribution in [2.75, 3.05) is 13.2 Å². The van der Waals surface area contributed by atoms with E-state index in [4.69, 9.17) is 8.92 Å². The number of carbonyl (C=O) groups is 1. The Bertz CT molecular complexity index is 818. The number of ether oxygens (including phenoxy) is 1. The van der Waals surface area contributed by atoms with Crippen LogP contribution in [0, 0.1) is 22.7 Å². The summed E-state index contributed by atoms with van der Waals surface area (Å²) in [4.78, 5) is 11.8. The molecule has 3 rings (SSSR count). The van der Waals surface area contributed by atoms with Crippen LogP contribution in [0.5, 0.6) is 0 Å². The number of rotatable bonds is 5. The van der Waals surface area contributed by atoms with Crippen molar-refractivity contribution in [3.05, 3.63) is 23.8 Å². The second kappa shape index (κ2) is 7.77. The first-order valence-corrected chi connectivity index (χ1v) is 11.3. The van der Waals surface area contributed by atoms with Crippen LogP contribution in [0.1, 0.15) is 46.0 Å². The van der Waals surface area contributed by atoms with Crippen LogP contribution < -0.4 is 0 Å². The standard InChI is InChI=1S/C20H30O8S/c1-12-4-7-16-19(2,14(12)6-5-13-15(22)10-27-18(13)23)9-8-17(20(16,3)11-21)28-29(24,25)26/h5,14-17,21-22H,1,4,6-11H2,2-3H3,(H,24,25,26)/b13-5+/t14-,15-,16?,17-,19+,20+/m1/s1. The number of hydrogen-bond acceptors (Lipinski definition) is 7. The van der Waals surface area contributed by atoms with Gasteiger partial charge in [0.2, 0.25) is 0 Å². The highest BCUT2D eigenvalue weighted by Gasteiger charge is 2.58. The third kappa shape index (κ3) is 4.03. The summed E-state index contributed by atoms with van der Waals surface area (Å²) in [6.45, 7) is 7.82. The van der Waals surface area contributed by atoms with Gasteiger partial charge in [0.1, 0.15) is 12.7 Å². The maximum atomic E-state index is 11.8. The van der Waals surface area contributed by atoms with Crippen LogP contribution in [0.4, 0.5) is 0 Å². The first-order valence-electron chi connectivity index (χ1n) is 9.92. The summed E-state index contributed by atoms with van der Waals surface area (Å²) >= 11 is 0. The van der Waals surface area contributed by atoms with Crippen molar-refractivity contribution >= 4 is 16.4 Å². The molecule has 0 spiro atoms. The second-order valence-electron chi connectivity index (χ2n) is 9.03. The maximum Gasteiger partial charge on any atom is 0.397 e. The largest absolute Gasteiger partial charge is 0.459 e. The molecule has 164 valence electrons. The van der Waals surface area contributed by atoms with Crippen LogP contribution in [0.25, 0.3) is 0 Å². The van der Waals surface area contributed by atoms with E-state index < -0.39 is 34.0 Å². The SMILES string of the molecule is C=C1CCC2[C@](C)(CO)[C@H](OS(=O)(=O)O)CC[C@@]2(C)[C@@H]1C/C=C1/C(=O)OC[C@H]1O. The summed E-state index contributed by atoms with van der Waals surface area (Å²) in [5.41, 5.74) is 0.129. The average molecular weight is 431 g/mol. The zero-order valence-corrected chi connectivity index (χ0v) is 17.7. The van der Waals surface area contributed by atoms with Crippen molar-refractivity contribution in [1.29, 1.82) is 0 Å². The van der Waals surface area contributed by atoms with E-state index in [2.05, 4.69) is 13.5 Å². The molecule has 0 amide bonds. The highest BCUT2D eigenvalue weighted by atomic mass is 32.3. The fourth-order valence-corrected chi connectivity index (χ4v) is 6.46. The molecule has 8 nitrogen and oxygen atoms in total. The van der Waals surface area contributed by atoms with E-state index >= 15 is 0 Å². The lowest BCUT2D eigenvalue weighted by Gasteiger charge is -2.60. The number of allylic oxidation sites excluding steroid dienone is 2. The van der Waals surface area contributed by atoms with Crippen LogP contribution in [0.3, 0.4) is 0 Å². The fraction of sp³-hybridized carbons (Fsp3) is 0.750. The minimum Gasteiger partial charge on any atom is -0.459 e. The Morgan fingerprint density at radius 2 is 2.03 bits per heavy atom. The summed E-state index contributed by atoms with van der Waals surface area (Å²) in [6.07, 6.45) is 2.87. The number of cyclic esters (lactones) is 1. The molecule has 1 heterocycles. The van der Waals surface area contributed by atoms with Gasteiger partial charge in [-0.05, 0) is 49.4 Å². The number of aliphatic hydroxyl groups is 2. The van der Waals surface area contributed by atoms with Gasteiger partial charge in [0, 0.05) is 5.41 Å². The summed E-state index contributed by atoms with van der Waals surface area (Å²) in [7, 11) is -4.64. The van der Waals surface area contributed by atoms with Crippen molar-refractivity contribution in [3.8, 4) is 0 Å². The quantitative estimate of drug-likeness (QED) is 0.260. The molecule has 3 aliphatic rings. The van der Waals surface area contributed by atoms with Crippen LogP contribution in [0.15, 0.2) is 23.8 Å². The van der Waals surface area contributed by atoms with Gasteiger partial charge in [0.25, 0.3) is 0 Å². The summed E-state index contributed by atoms with van der Waals surface area (Å²) in [5.74, 6) is -0.590. The van der Waals surface area contributed by atoms with Crippen molar-refractivity contribution in [2.24, 2.45) is 22.7 Å². The lowest BCUT2D eigenvalue weighted by Crippen LogP contribution is -2.58. The van der Waals surface area contributed by atoms with E-state index in [1.165, 1.54) is 0 Å². The molecule has 2 aliphatic carbocycles.